The van der Waals surface area contributed by atoms with Crippen LogP contribution in [-0.2, 0) is 0 Å². The molecule has 0 atom stereocenters. The van der Waals surface area contributed by atoms with Crippen molar-refractivity contribution in [1.29, 1.82) is 0 Å². The van der Waals surface area contributed by atoms with Crippen LogP contribution in [0.5, 0.6) is 5.75 Å². The molecular weight excluding hydrogens is 212 g/mol. The molecule has 0 aliphatic heterocycles. The molecule has 1 rings (SSSR count). The van der Waals surface area contributed by atoms with Crippen molar-refractivity contribution in [3.05, 3.63) is 40.9 Å². The molecule has 0 amide bonds. The lowest BCUT2D eigenvalue weighted by molar-refractivity contribution is 0.112. The van der Waals surface area contributed by atoms with Crippen LogP contribution in [0.2, 0.25) is 5.02 Å². The van der Waals surface area contributed by atoms with Crippen LogP contribution in [0.15, 0.2) is 30.4 Å². The first kappa shape index (κ1) is 11.8. The van der Waals surface area contributed by atoms with Gasteiger partial charge in [-0.1, -0.05) is 31.2 Å². The van der Waals surface area contributed by atoms with Gasteiger partial charge in [0.25, 0.3) is 0 Å². The lowest BCUT2D eigenvalue weighted by Crippen LogP contribution is -2.02. The first-order valence-electron chi connectivity index (χ1n) is 4.72. The summed E-state index contributed by atoms with van der Waals surface area (Å²) in [6.45, 7) is 6.24. The average Bonchev–Trinajstić information content (AvgIpc) is 2.25. The molecule has 0 heterocycles. The smallest absolute Gasteiger partial charge is 0.155 e. The highest BCUT2D eigenvalue weighted by molar-refractivity contribution is 6.33. The van der Waals surface area contributed by atoms with E-state index < -0.39 is 0 Å². The molecule has 1 aromatic rings. The van der Waals surface area contributed by atoms with Crippen molar-refractivity contribution >= 4 is 17.9 Å². The largest absolute Gasteiger partial charge is 0.488 e. The minimum absolute atomic E-state index is 0.392. The zero-order chi connectivity index (χ0) is 11.3. The lowest BCUT2D eigenvalue weighted by Gasteiger charge is -2.09. The highest BCUT2D eigenvalue weighted by Gasteiger charge is 2.06. The normalized spacial score (nSPS) is 9.73. The third-order valence-corrected chi connectivity index (χ3v) is 2.39. The summed E-state index contributed by atoms with van der Waals surface area (Å²) in [4.78, 5) is 10.8. The Morgan fingerprint density at radius 2 is 2.33 bits per heavy atom. The Morgan fingerprint density at radius 3 is 2.93 bits per heavy atom. The van der Waals surface area contributed by atoms with E-state index in [4.69, 9.17) is 16.3 Å². The van der Waals surface area contributed by atoms with Crippen molar-refractivity contribution in [3.63, 3.8) is 0 Å². The van der Waals surface area contributed by atoms with Gasteiger partial charge in [0, 0.05) is 0 Å². The number of carbonyl (C=O) groups is 1. The summed E-state index contributed by atoms with van der Waals surface area (Å²) in [5.74, 6) is 0.507. The van der Waals surface area contributed by atoms with Gasteiger partial charge in [0.05, 0.1) is 10.6 Å². The summed E-state index contributed by atoms with van der Waals surface area (Å²) in [7, 11) is 0. The summed E-state index contributed by atoms with van der Waals surface area (Å²) >= 11 is 5.85. The Kier molecular flexibility index (Phi) is 4.37. The van der Waals surface area contributed by atoms with E-state index in [-0.39, 0.29) is 0 Å². The van der Waals surface area contributed by atoms with E-state index in [1.54, 1.807) is 18.2 Å². The molecule has 0 saturated heterocycles. The zero-order valence-corrected chi connectivity index (χ0v) is 9.38. The third-order valence-electron chi connectivity index (χ3n) is 2.06. The lowest BCUT2D eigenvalue weighted by atomic mass is 10.2. The molecular formula is C12H13ClO2. The molecule has 0 fully saturated rings. The van der Waals surface area contributed by atoms with Gasteiger partial charge in [0.15, 0.2) is 6.29 Å². The SMILES string of the molecule is C=C(CC)COc1cccc(Cl)c1C=O. The molecule has 2 nitrogen and oxygen atoms in total. The first-order valence-corrected chi connectivity index (χ1v) is 5.10. The summed E-state index contributed by atoms with van der Waals surface area (Å²) < 4.78 is 5.45. The maximum atomic E-state index is 10.8. The van der Waals surface area contributed by atoms with Crippen molar-refractivity contribution in [1.82, 2.24) is 0 Å². The number of carbonyl (C=O) groups excluding carboxylic acids is 1. The molecule has 1 aromatic carbocycles. The van der Waals surface area contributed by atoms with Crippen molar-refractivity contribution in [3.8, 4) is 5.75 Å². The molecule has 0 saturated carbocycles. The standard InChI is InChI=1S/C12H13ClO2/c1-3-9(2)8-15-12-6-4-5-11(13)10(12)7-14/h4-7H,2-3,8H2,1H3. The van der Waals surface area contributed by atoms with Crippen LogP contribution in [0.4, 0.5) is 0 Å². The van der Waals surface area contributed by atoms with Crippen LogP contribution < -0.4 is 4.74 Å². The zero-order valence-electron chi connectivity index (χ0n) is 8.63. The molecule has 3 heteroatoms. The Morgan fingerprint density at radius 1 is 1.60 bits per heavy atom. The van der Waals surface area contributed by atoms with Crippen LogP contribution in [0.1, 0.15) is 23.7 Å². The number of hydrogen-bond donors (Lipinski definition) is 0. The number of ether oxygens (including phenoxy) is 1. The van der Waals surface area contributed by atoms with E-state index >= 15 is 0 Å². The Bertz CT molecular complexity index is 372. The van der Waals surface area contributed by atoms with E-state index in [0.717, 1.165) is 12.0 Å². The monoisotopic (exact) mass is 224 g/mol. The topological polar surface area (TPSA) is 26.3 Å². The maximum Gasteiger partial charge on any atom is 0.155 e. The predicted octanol–water partition coefficient (Wildman–Crippen LogP) is 3.50. The number of halogens is 1. The highest BCUT2D eigenvalue weighted by Crippen LogP contribution is 2.24. The molecule has 15 heavy (non-hydrogen) atoms. The average molecular weight is 225 g/mol. The van der Waals surface area contributed by atoms with E-state index in [1.807, 2.05) is 6.92 Å². The molecule has 0 bridgehead atoms. The predicted molar refractivity (Wildman–Crippen MR) is 61.8 cm³/mol. The van der Waals surface area contributed by atoms with Gasteiger partial charge in [-0.2, -0.15) is 0 Å². The minimum Gasteiger partial charge on any atom is -0.488 e. The number of benzene rings is 1. The van der Waals surface area contributed by atoms with Gasteiger partial charge in [0.2, 0.25) is 0 Å². The number of hydrogen-bond acceptors (Lipinski definition) is 2. The molecule has 0 radical (unpaired) electrons. The molecule has 0 N–H and O–H groups in total. The Labute approximate surface area is 94.5 Å². The Hall–Kier alpha value is -1.28. The molecule has 0 aliphatic carbocycles. The van der Waals surface area contributed by atoms with Crippen molar-refractivity contribution in [2.75, 3.05) is 6.61 Å². The van der Waals surface area contributed by atoms with Gasteiger partial charge in [-0.05, 0) is 24.1 Å². The number of rotatable bonds is 5. The van der Waals surface area contributed by atoms with Gasteiger partial charge in [-0.25, -0.2) is 0 Å². The van der Waals surface area contributed by atoms with Crippen LogP contribution in [-0.4, -0.2) is 12.9 Å². The number of aldehydes is 1. The van der Waals surface area contributed by atoms with E-state index in [9.17, 15) is 4.79 Å². The van der Waals surface area contributed by atoms with Gasteiger partial charge >= 0.3 is 0 Å². The fraction of sp³-hybridized carbons (Fsp3) is 0.250. The fourth-order valence-electron chi connectivity index (χ4n) is 1.04. The van der Waals surface area contributed by atoms with E-state index in [1.165, 1.54) is 0 Å². The quantitative estimate of drug-likeness (QED) is 0.565. The maximum absolute atomic E-state index is 10.8. The van der Waals surface area contributed by atoms with Gasteiger partial charge in [-0.3, -0.25) is 4.79 Å². The Balaban J connectivity index is 2.80. The second-order valence-electron chi connectivity index (χ2n) is 3.16. The molecule has 80 valence electrons. The van der Waals surface area contributed by atoms with Gasteiger partial charge < -0.3 is 4.74 Å². The molecule has 0 unspecified atom stereocenters. The second kappa shape index (κ2) is 5.56. The van der Waals surface area contributed by atoms with Crippen LogP contribution >= 0.6 is 11.6 Å². The summed E-state index contributed by atoms with van der Waals surface area (Å²) in [6.07, 6.45) is 1.56. The van der Waals surface area contributed by atoms with E-state index in [2.05, 4.69) is 6.58 Å². The summed E-state index contributed by atoms with van der Waals surface area (Å²) in [5.41, 5.74) is 1.37. The fourth-order valence-corrected chi connectivity index (χ4v) is 1.25. The van der Waals surface area contributed by atoms with E-state index in [0.29, 0.717) is 29.2 Å². The summed E-state index contributed by atoms with van der Waals surface area (Å²) in [6, 6.07) is 5.13. The van der Waals surface area contributed by atoms with Crippen LogP contribution in [0, 0.1) is 0 Å². The van der Waals surface area contributed by atoms with Crippen LogP contribution in [0.3, 0.4) is 0 Å². The third kappa shape index (κ3) is 3.10. The van der Waals surface area contributed by atoms with Crippen molar-refractivity contribution in [2.24, 2.45) is 0 Å². The second-order valence-corrected chi connectivity index (χ2v) is 3.57. The molecule has 0 aromatic heterocycles. The molecule has 0 spiro atoms. The summed E-state index contributed by atoms with van der Waals surface area (Å²) in [5, 5.41) is 0.407. The van der Waals surface area contributed by atoms with Gasteiger partial charge in [0.1, 0.15) is 12.4 Å². The highest BCUT2D eigenvalue weighted by atomic mass is 35.5. The van der Waals surface area contributed by atoms with Crippen molar-refractivity contribution in [2.45, 2.75) is 13.3 Å². The van der Waals surface area contributed by atoms with Crippen molar-refractivity contribution < 1.29 is 9.53 Å². The first-order chi connectivity index (χ1) is 7.19. The molecule has 0 aliphatic rings. The van der Waals surface area contributed by atoms with Gasteiger partial charge in [-0.15, -0.1) is 0 Å². The minimum atomic E-state index is 0.392. The van der Waals surface area contributed by atoms with Crippen LogP contribution in [0.25, 0.3) is 0 Å².